The van der Waals surface area contributed by atoms with Crippen molar-refractivity contribution < 1.29 is 9.90 Å². The lowest BCUT2D eigenvalue weighted by Gasteiger charge is -2.01. The molecule has 0 unspecified atom stereocenters. The zero-order valence-electron chi connectivity index (χ0n) is 6.23. The fourth-order valence-corrected chi connectivity index (χ4v) is 0.979. The van der Waals surface area contributed by atoms with Crippen molar-refractivity contribution in [1.82, 2.24) is 4.57 Å². The van der Waals surface area contributed by atoms with E-state index in [1.54, 1.807) is 6.07 Å². The van der Waals surface area contributed by atoms with Gasteiger partial charge in [-0.3, -0.25) is 4.79 Å². The molecule has 1 rings (SSSR count). The smallest absolute Gasteiger partial charge is 0.166 e. The lowest BCUT2D eigenvalue weighted by Crippen LogP contribution is -2.02. The van der Waals surface area contributed by atoms with Gasteiger partial charge in [0, 0.05) is 19.3 Å². The molecule has 0 saturated carbocycles. The summed E-state index contributed by atoms with van der Waals surface area (Å²) in [6, 6.07) is 3.57. The molecule has 60 valence electrons. The van der Waals surface area contributed by atoms with Crippen molar-refractivity contribution in [2.45, 2.75) is 13.0 Å². The number of hydrogen-bond donors (Lipinski definition) is 1. The predicted octanol–water partition coefficient (Wildman–Crippen LogP) is 0.683. The quantitative estimate of drug-likeness (QED) is 0.646. The highest BCUT2D eigenvalue weighted by Crippen LogP contribution is 1.99. The minimum atomic E-state index is 0.163. The van der Waals surface area contributed by atoms with Crippen molar-refractivity contribution in [3.63, 3.8) is 0 Å². The highest BCUT2D eigenvalue weighted by atomic mass is 16.3. The number of hydrogen-bond acceptors (Lipinski definition) is 2. The van der Waals surface area contributed by atoms with Crippen molar-refractivity contribution in [3.8, 4) is 0 Å². The summed E-state index contributed by atoms with van der Waals surface area (Å²) in [6.45, 7) is 0.869. The van der Waals surface area contributed by atoms with Crippen LogP contribution in [0.3, 0.4) is 0 Å². The molecule has 0 aliphatic heterocycles. The van der Waals surface area contributed by atoms with Crippen LogP contribution in [0, 0.1) is 0 Å². The van der Waals surface area contributed by atoms with Crippen LogP contribution in [0.15, 0.2) is 18.3 Å². The van der Waals surface area contributed by atoms with Crippen molar-refractivity contribution in [2.24, 2.45) is 0 Å². The Hall–Kier alpha value is -1.09. The Morgan fingerprint density at radius 3 is 3.09 bits per heavy atom. The first-order valence-corrected chi connectivity index (χ1v) is 3.59. The minimum Gasteiger partial charge on any atom is -0.396 e. The Morgan fingerprint density at radius 1 is 1.64 bits per heavy atom. The molecule has 3 heteroatoms. The zero-order valence-corrected chi connectivity index (χ0v) is 6.23. The normalized spacial score (nSPS) is 9.91. The number of carbonyl (C=O) groups excluding carboxylic acids is 1. The maximum atomic E-state index is 10.4. The van der Waals surface area contributed by atoms with Crippen LogP contribution in [0.25, 0.3) is 0 Å². The van der Waals surface area contributed by atoms with Crippen LogP contribution < -0.4 is 0 Å². The molecule has 0 bridgehead atoms. The number of aliphatic hydroxyl groups excluding tert-OH is 1. The molecule has 0 spiro atoms. The van der Waals surface area contributed by atoms with E-state index in [0.29, 0.717) is 18.7 Å². The molecule has 11 heavy (non-hydrogen) atoms. The average molecular weight is 153 g/mol. The number of carbonyl (C=O) groups is 1. The van der Waals surface area contributed by atoms with Gasteiger partial charge < -0.3 is 9.67 Å². The highest BCUT2D eigenvalue weighted by Gasteiger charge is 1.96. The van der Waals surface area contributed by atoms with E-state index in [1.165, 1.54) is 0 Å². The van der Waals surface area contributed by atoms with Crippen molar-refractivity contribution in [1.29, 1.82) is 0 Å². The van der Waals surface area contributed by atoms with Crippen LogP contribution in [-0.2, 0) is 6.54 Å². The molecule has 0 aromatic carbocycles. The van der Waals surface area contributed by atoms with Crippen molar-refractivity contribution in [2.75, 3.05) is 6.61 Å². The maximum Gasteiger partial charge on any atom is 0.166 e. The molecule has 0 saturated heterocycles. The Kier molecular flexibility index (Phi) is 2.86. The molecular weight excluding hydrogens is 142 g/mol. The molecule has 0 radical (unpaired) electrons. The summed E-state index contributed by atoms with van der Waals surface area (Å²) < 4.78 is 1.82. The lowest BCUT2D eigenvalue weighted by molar-refractivity contribution is 0.111. The fraction of sp³-hybridized carbons (Fsp3) is 0.375. The van der Waals surface area contributed by atoms with E-state index in [0.717, 1.165) is 6.29 Å². The summed E-state index contributed by atoms with van der Waals surface area (Å²) in [6.07, 6.45) is 3.34. The van der Waals surface area contributed by atoms with Crippen LogP contribution in [-0.4, -0.2) is 22.6 Å². The van der Waals surface area contributed by atoms with Gasteiger partial charge in [-0.05, 0) is 18.6 Å². The summed E-state index contributed by atoms with van der Waals surface area (Å²) >= 11 is 0. The summed E-state index contributed by atoms with van der Waals surface area (Å²) in [5.74, 6) is 0. The molecule has 0 amide bonds. The summed E-state index contributed by atoms with van der Waals surface area (Å²) in [5, 5.41) is 8.53. The van der Waals surface area contributed by atoms with Crippen LogP contribution >= 0.6 is 0 Å². The first kappa shape index (κ1) is 8.01. The third kappa shape index (κ3) is 1.91. The third-order valence-electron chi connectivity index (χ3n) is 1.54. The molecular formula is C8H11NO2. The monoisotopic (exact) mass is 153 g/mol. The molecule has 3 nitrogen and oxygen atoms in total. The zero-order chi connectivity index (χ0) is 8.10. The first-order chi connectivity index (χ1) is 5.38. The van der Waals surface area contributed by atoms with Gasteiger partial charge in [-0.2, -0.15) is 0 Å². The van der Waals surface area contributed by atoms with Gasteiger partial charge in [0.2, 0.25) is 0 Å². The van der Waals surface area contributed by atoms with Gasteiger partial charge >= 0.3 is 0 Å². The van der Waals surface area contributed by atoms with Crippen molar-refractivity contribution >= 4 is 6.29 Å². The van der Waals surface area contributed by atoms with E-state index >= 15 is 0 Å². The number of aldehydes is 1. The second-order valence-electron chi connectivity index (χ2n) is 2.32. The van der Waals surface area contributed by atoms with Crippen LogP contribution in [0.5, 0.6) is 0 Å². The average Bonchev–Trinajstić information content (AvgIpc) is 2.47. The standard InChI is InChI=1S/C8H11NO2/c10-6-2-5-9-4-1-3-8(9)7-11/h1,3-4,7,10H,2,5-6H2. The summed E-state index contributed by atoms with van der Waals surface area (Å²) in [4.78, 5) is 10.4. The Bertz CT molecular complexity index is 230. The van der Waals surface area contributed by atoms with E-state index in [1.807, 2.05) is 16.8 Å². The van der Waals surface area contributed by atoms with Gasteiger partial charge in [-0.1, -0.05) is 0 Å². The lowest BCUT2D eigenvalue weighted by atomic mass is 10.4. The number of nitrogens with zero attached hydrogens (tertiary/aromatic N) is 1. The Labute approximate surface area is 65.3 Å². The number of aryl methyl sites for hydroxylation is 1. The van der Waals surface area contributed by atoms with Gasteiger partial charge in [0.1, 0.15) is 0 Å². The number of rotatable bonds is 4. The minimum absolute atomic E-state index is 0.163. The maximum absolute atomic E-state index is 10.4. The largest absolute Gasteiger partial charge is 0.396 e. The molecule has 1 N–H and O–H groups in total. The van der Waals surface area contributed by atoms with Crippen LogP contribution in [0.1, 0.15) is 16.9 Å². The molecule has 0 aliphatic rings. The van der Waals surface area contributed by atoms with Crippen LogP contribution in [0.4, 0.5) is 0 Å². The van der Waals surface area contributed by atoms with Gasteiger partial charge in [0.05, 0.1) is 5.69 Å². The molecule has 1 aromatic rings. The predicted molar refractivity (Wildman–Crippen MR) is 41.5 cm³/mol. The van der Waals surface area contributed by atoms with Gasteiger partial charge in [-0.25, -0.2) is 0 Å². The Morgan fingerprint density at radius 2 is 2.45 bits per heavy atom. The van der Waals surface area contributed by atoms with E-state index in [-0.39, 0.29) is 6.61 Å². The molecule has 1 heterocycles. The summed E-state index contributed by atoms with van der Waals surface area (Å²) in [5.41, 5.74) is 0.665. The molecule has 0 aliphatic carbocycles. The van der Waals surface area contributed by atoms with Gasteiger partial charge in [-0.15, -0.1) is 0 Å². The fourth-order valence-electron chi connectivity index (χ4n) is 0.979. The Balaban J connectivity index is 2.61. The number of aromatic nitrogens is 1. The van der Waals surface area contributed by atoms with E-state index < -0.39 is 0 Å². The number of aliphatic hydroxyl groups is 1. The summed E-state index contributed by atoms with van der Waals surface area (Å²) in [7, 11) is 0. The first-order valence-electron chi connectivity index (χ1n) is 3.59. The van der Waals surface area contributed by atoms with Crippen LogP contribution in [0.2, 0.25) is 0 Å². The van der Waals surface area contributed by atoms with Gasteiger partial charge in [0.15, 0.2) is 6.29 Å². The van der Waals surface area contributed by atoms with E-state index in [9.17, 15) is 4.79 Å². The third-order valence-corrected chi connectivity index (χ3v) is 1.54. The second kappa shape index (κ2) is 3.93. The highest BCUT2D eigenvalue weighted by molar-refractivity contribution is 5.72. The van der Waals surface area contributed by atoms with E-state index in [2.05, 4.69) is 0 Å². The SMILES string of the molecule is O=Cc1cccn1CCCO. The molecule has 0 fully saturated rings. The van der Waals surface area contributed by atoms with E-state index in [4.69, 9.17) is 5.11 Å². The molecule has 1 aromatic heterocycles. The van der Waals surface area contributed by atoms with Gasteiger partial charge in [0.25, 0.3) is 0 Å². The molecule has 0 atom stereocenters. The van der Waals surface area contributed by atoms with Crippen molar-refractivity contribution in [3.05, 3.63) is 24.0 Å². The topological polar surface area (TPSA) is 42.2 Å². The second-order valence-corrected chi connectivity index (χ2v) is 2.32.